The Kier molecular flexibility index (Phi) is 4.81. The van der Waals surface area contributed by atoms with Gasteiger partial charge in [0.05, 0.1) is 6.10 Å². The molecule has 0 saturated carbocycles. The number of likely N-dealkylation sites (N-methyl/N-ethyl adjacent to an activating group) is 1. The first-order chi connectivity index (χ1) is 6.63. The Labute approximate surface area is 86.7 Å². The van der Waals surface area contributed by atoms with Crippen molar-refractivity contribution in [3.8, 4) is 0 Å². The zero-order chi connectivity index (χ0) is 10.6. The number of nitrogens with two attached hydrogens (primary N) is 1. The van der Waals surface area contributed by atoms with Crippen molar-refractivity contribution < 1.29 is 5.11 Å². The van der Waals surface area contributed by atoms with Crippen LogP contribution in [-0.4, -0.2) is 66.8 Å². The van der Waals surface area contributed by atoms with Gasteiger partial charge in [-0.2, -0.15) is 0 Å². The quantitative estimate of drug-likeness (QED) is 0.633. The van der Waals surface area contributed by atoms with E-state index in [0.29, 0.717) is 12.6 Å². The minimum atomic E-state index is -0.332. The molecule has 4 heteroatoms. The summed E-state index contributed by atoms with van der Waals surface area (Å²) in [6, 6.07) is 0.596. The molecule has 1 aliphatic rings. The molecule has 1 heterocycles. The maximum absolute atomic E-state index is 9.36. The molecule has 0 spiro atoms. The first-order valence-electron chi connectivity index (χ1n) is 5.44. The van der Waals surface area contributed by atoms with Gasteiger partial charge in [0, 0.05) is 38.8 Å². The standard InChI is InChI=1S/C10H23N3O/c1-9-8-12(2)5-6-13(9)4-3-10(14)7-11/h9-10,14H,3-8,11H2,1-2H3. The summed E-state index contributed by atoms with van der Waals surface area (Å²) in [4.78, 5) is 4.78. The first kappa shape index (κ1) is 11.9. The molecule has 0 aromatic carbocycles. The minimum Gasteiger partial charge on any atom is -0.392 e. The van der Waals surface area contributed by atoms with Gasteiger partial charge in [0.25, 0.3) is 0 Å². The van der Waals surface area contributed by atoms with E-state index in [1.165, 1.54) is 0 Å². The monoisotopic (exact) mass is 201 g/mol. The zero-order valence-corrected chi connectivity index (χ0v) is 9.32. The molecule has 4 nitrogen and oxygen atoms in total. The van der Waals surface area contributed by atoms with Gasteiger partial charge in [0.15, 0.2) is 0 Å². The lowest BCUT2D eigenvalue weighted by molar-refractivity contribution is 0.0790. The van der Waals surface area contributed by atoms with Gasteiger partial charge in [-0.1, -0.05) is 0 Å². The number of aliphatic hydroxyl groups is 1. The Morgan fingerprint density at radius 3 is 2.79 bits per heavy atom. The van der Waals surface area contributed by atoms with Gasteiger partial charge in [-0.3, -0.25) is 4.90 Å². The Bertz CT molecular complexity index is 165. The van der Waals surface area contributed by atoms with Crippen molar-refractivity contribution in [1.82, 2.24) is 9.80 Å². The number of hydrogen-bond donors (Lipinski definition) is 2. The molecule has 1 aliphatic heterocycles. The Morgan fingerprint density at radius 1 is 1.50 bits per heavy atom. The number of nitrogens with zero attached hydrogens (tertiary/aromatic N) is 2. The second kappa shape index (κ2) is 5.66. The fourth-order valence-corrected chi connectivity index (χ4v) is 1.94. The van der Waals surface area contributed by atoms with E-state index in [-0.39, 0.29) is 6.10 Å². The zero-order valence-electron chi connectivity index (χ0n) is 9.32. The van der Waals surface area contributed by atoms with E-state index in [9.17, 15) is 5.11 Å². The second-order valence-corrected chi connectivity index (χ2v) is 4.33. The van der Waals surface area contributed by atoms with Crippen LogP contribution in [0.5, 0.6) is 0 Å². The van der Waals surface area contributed by atoms with Gasteiger partial charge < -0.3 is 15.7 Å². The average molecular weight is 201 g/mol. The maximum Gasteiger partial charge on any atom is 0.0674 e. The van der Waals surface area contributed by atoms with Gasteiger partial charge in [-0.25, -0.2) is 0 Å². The third-order valence-electron chi connectivity index (χ3n) is 2.99. The van der Waals surface area contributed by atoms with Crippen molar-refractivity contribution in [3.63, 3.8) is 0 Å². The summed E-state index contributed by atoms with van der Waals surface area (Å²) in [5.74, 6) is 0. The Balaban J connectivity index is 2.24. The lowest BCUT2D eigenvalue weighted by Crippen LogP contribution is -2.51. The highest BCUT2D eigenvalue weighted by Gasteiger charge is 2.21. The molecular formula is C10H23N3O. The van der Waals surface area contributed by atoms with Crippen molar-refractivity contribution in [3.05, 3.63) is 0 Å². The molecule has 3 N–H and O–H groups in total. The smallest absolute Gasteiger partial charge is 0.0674 e. The van der Waals surface area contributed by atoms with E-state index in [2.05, 4.69) is 23.8 Å². The maximum atomic E-state index is 9.36. The van der Waals surface area contributed by atoms with E-state index < -0.39 is 0 Å². The van der Waals surface area contributed by atoms with Crippen molar-refractivity contribution in [2.45, 2.75) is 25.5 Å². The fraction of sp³-hybridized carbons (Fsp3) is 1.00. The molecule has 84 valence electrons. The molecule has 0 aromatic rings. The van der Waals surface area contributed by atoms with Crippen molar-refractivity contribution in [1.29, 1.82) is 0 Å². The van der Waals surface area contributed by atoms with Crippen molar-refractivity contribution in [2.75, 3.05) is 39.8 Å². The highest BCUT2D eigenvalue weighted by Crippen LogP contribution is 2.08. The molecule has 2 unspecified atom stereocenters. The number of aliphatic hydroxyl groups excluding tert-OH is 1. The van der Waals surface area contributed by atoms with E-state index in [1.807, 2.05) is 0 Å². The van der Waals surface area contributed by atoms with Crippen LogP contribution < -0.4 is 5.73 Å². The summed E-state index contributed by atoms with van der Waals surface area (Å²) in [5.41, 5.74) is 5.37. The Hall–Kier alpha value is -0.160. The lowest BCUT2D eigenvalue weighted by Gasteiger charge is -2.38. The molecule has 1 rings (SSSR count). The molecule has 1 saturated heterocycles. The second-order valence-electron chi connectivity index (χ2n) is 4.33. The predicted molar refractivity (Wildman–Crippen MR) is 58.2 cm³/mol. The first-order valence-corrected chi connectivity index (χ1v) is 5.44. The molecule has 2 atom stereocenters. The molecule has 1 fully saturated rings. The molecule has 0 bridgehead atoms. The number of rotatable bonds is 4. The van der Waals surface area contributed by atoms with Crippen LogP contribution in [0.25, 0.3) is 0 Å². The largest absolute Gasteiger partial charge is 0.392 e. The summed E-state index contributed by atoms with van der Waals surface area (Å²) in [5, 5.41) is 9.36. The molecular weight excluding hydrogens is 178 g/mol. The van der Waals surface area contributed by atoms with E-state index in [0.717, 1.165) is 32.6 Å². The average Bonchev–Trinajstić information content (AvgIpc) is 2.16. The Morgan fingerprint density at radius 2 is 2.21 bits per heavy atom. The summed E-state index contributed by atoms with van der Waals surface area (Å²) in [6.07, 6.45) is 0.465. The van der Waals surface area contributed by atoms with Crippen molar-refractivity contribution >= 4 is 0 Å². The van der Waals surface area contributed by atoms with Crippen LogP contribution in [-0.2, 0) is 0 Å². The minimum absolute atomic E-state index is 0.332. The van der Waals surface area contributed by atoms with Crippen LogP contribution in [0.1, 0.15) is 13.3 Å². The van der Waals surface area contributed by atoms with E-state index in [1.54, 1.807) is 0 Å². The van der Waals surface area contributed by atoms with Crippen LogP contribution in [0, 0.1) is 0 Å². The third kappa shape index (κ3) is 3.53. The number of hydrogen-bond acceptors (Lipinski definition) is 4. The molecule has 0 aromatic heterocycles. The van der Waals surface area contributed by atoms with Gasteiger partial charge in [0.1, 0.15) is 0 Å². The molecule has 0 aliphatic carbocycles. The SMILES string of the molecule is CC1CN(C)CCN1CCC(O)CN. The lowest BCUT2D eigenvalue weighted by atomic mass is 10.1. The highest BCUT2D eigenvalue weighted by molar-refractivity contribution is 4.77. The number of piperazine rings is 1. The van der Waals surface area contributed by atoms with Gasteiger partial charge in [-0.05, 0) is 20.4 Å². The van der Waals surface area contributed by atoms with Crippen LogP contribution in [0.15, 0.2) is 0 Å². The normalized spacial score (nSPS) is 27.9. The predicted octanol–water partition coefficient (Wildman–Crippen LogP) is -0.668. The van der Waals surface area contributed by atoms with Crippen LogP contribution in [0.2, 0.25) is 0 Å². The van der Waals surface area contributed by atoms with Crippen molar-refractivity contribution in [2.24, 2.45) is 5.73 Å². The summed E-state index contributed by atoms with van der Waals surface area (Å²) in [6.45, 7) is 6.94. The van der Waals surface area contributed by atoms with Gasteiger partial charge >= 0.3 is 0 Å². The van der Waals surface area contributed by atoms with E-state index >= 15 is 0 Å². The summed E-state index contributed by atoms with van der Waals surface area (Å²) >= 11 is 0. The molecule has 14 heavy (non-hydrogen) atoms. The topological polar surface area (TPSA) is 52.7 Å². The van der Waals surface area contributed by atoms with Gasteiger partial charge in [-0.15, -0.1) is 0 Å². The van der Waals surface area contributed by atoms with Crippen LogP contribution in [0.3, 0.4) is 0 Å². The fourth-order valence-electron chi connectivity index (χ4n) is 1.94. The third-order valence-corrected chi connectivity index (χ3v) is 2.99. The van der Waals surface area contributed by atoms with Crippen LogP contribution in [0.4, 0.5) is 0 Å². The van der Waals surface area contributed by atoms with E-state index in [4.69, 9.17) is 5.73 Å². The molecule has 0 radical (unpaired) electrons. The highest BCUT2D eigenvalue weighted by atomic mass is 16.3. The molecule has 0 amide bonds. The summed E-state index contributed by atoms with van der Waals surface area (Å²) < 4.78 is 0. The van der Waals surface area contributed by atoms with Crippen LogP contribution >= 0.6 is 0 Å². The van der Waals surface area contributed by atoms with Gasteiger partial charge in [0.2, 0.25) is 0 Å². The summed E-state index contributed by atoms with van der Waals surface area (Å²) in [7, 11) is 2.16.